The van der Waals surface area contributed by atoms with Crippen LogP contribution in [0.5, 0.6) is 11.5 Å². The van der Waals surface area contributed by atoms with Crippen molar-refractivity contribution in [2.45, 2.75) is 13.0 Å². The number of benzene rings is 1. The number of likely N-dealkylation sites (tertiary alicyclic amines) is 1. The molecule has 0 bridgehead atoms. The zero-order valence-corrected chi connectivity index (χ0v) is 12.0. The van der Waals surface area contributed by atoms with E-state index in [4.69, 9.17) is 9.47 Å². The van der Waals surface area contributed by atoms with Crippen LogP contribution < -0.4 is 9.47 Å². The number of nitrogens with zero attached hydrogens (tertiary/aromatic N) is 2. The molecule has 2 aromatic rings. The van der Waals surface area contributed by atoms with Crippen LogP contribution in [0.1, 0.15) is 16.2 Å². The molecule has 1 aliphatic rings. The summed E-state index contributed by atoms with van der Waals surface area (Å²) in [5.74, 6) is 1.33. The maximum absolute atomic E-state index is 12.1. The largest absolute Gasteiger partial charge is 0.493 e. The molecule has 0 unspecified atom stereocenters. The third kappa shape index (κ3) is 2.69. The summed E-state index contributed by atoms with van der Waals surface area (Å²) >= 11 is 0. The van der Waals surface area contributed by atoms with Gasteiger partial charge in [-0.2, -0.15) is 5.10 Å². The summed E-state index contributed by atoms with van der Waals surface area (Å²) in [6.07, 6.45) is -0.00899. The van der Waals surface area contributed by atoms with Crippen LogP contribution in [0.3, 0.4) is 0 Å². The van der Waals surface area contributed by atoms with Crippen LogP contribution in [-0.2, 0) is 0 Å². The molecule has 0 radical (unpaired) electrons. The number of amides is 1. The Kier molecular flexibility index (Phi) is 3.51. The number of aromatic amines is 1. The van der Waals surface area contributed by atoms with Crippen LogP contribution >= 0.6 is 0 Å². The van der Waals surface area contributed by atoms with Gasteiger partial charge in [-0.15, -0.1) is 0 Å². The first-order chi connectivity index (χ1) is 10.2. The second-order valence-corrected chi connectivity index (χ2v) is 5.04. The number of carbonyl (C=O) groups is 1. The Morgan fingerprint density at radius 2 is 2.05 bits per heavy atom. The first-order valence-electron chi connectivity index (χ1n) is 6.78. The zero-order chi connectivity index (χ0) is 14.8. The van der Waals surface area contributed by atoms with E-state index in [2.05, 4.69) is 10.2 Å². The van der Waals surface area contributed by atoms with E-state index in [1.165, 1.54) is 0 Å². The molecule has 0 aliphatic carbocycles. The lowest BCUT2D eigenvalue weighted by atomic mass is 10.1. The third-order valence-electron chi connectivity index (χ3n) is 3.42. The van der Waals surface area contributed by atoms with E-state index in [-0.39, 0.29) is 12.0 Å². The SMILES string of the molecule is COc1ccccc1OC1CN(C(=O)c2cc(C)[nH]n2)C1. The van der Waals surface area contributed by atoms with Crippen molar-refractivity contribution in [3.63, 3.8) is 0 Å². The third-order valence-corrected chi connectivity index (χ3v) is 3.42. The van der Waals surface area contributed by atoms with E-state index >= 15 is 0 Å². The fraction of sp³-hybridized carbons (Fsp3) is 0.333. The summed E-state index contributed by atoms with van der Waals surface area (Å²) in [4.78, 5) is 13.8. The van der Waals surface area contributed by atoms with Crippen molar-refractivity contribution in [2.24, 2.45) is 0 Å². The number of methoxy groups -OCH3 is 1. The number of hydrogen-bond donors (Lipinski definition) is 1. The minimum Gasteiger partial charge on any atom is -0.493 e. The first-order valence-corrected chi connectivity index (χ1v) is 6.78. The summed E-state index contributed by atoms with van der Waals surface area (Å²) in [5.41, 5.74) is 1.32. The van der Waals surface area contributed by atoms with E-state index in [0.717, 1.165) is 5.69 Å². The lowest BCUT2D eigenvalue weighted by molar-refractivity contribution is 0.0164. The Morgan fingerprint density at radius 1 is 1.33 bits per heavy atom. The monoisotopic (exact) mass is 287 g/mol. The molecule has 1 N–H and O–H groups in total. The quantitative estimate of drug-likeness (QED) is 0.928. The molecule has 0 atom stereocenters. The van der Waals surface area contributed by atoms with Gasteiger partial charge in [-0.05, 0) is 25.1 Å². The van der Waals surface area contributed by atoms with Gasteiger partial charge in [0.2, 0.25) is 0 Å². The van der Waals surface area contributed by atoms with E-state index < -0.39 is 0 Å². The van der Waals surface area contributed by atoms with Crippen LogP contribution in [0.15, 0.2) is 30.3 Å². The van der Waals surface area contributed by atoms with Crippen LogP contribution in [0.2, 0.25) is 0 Å². The summed E-state index contributed by atoms with van der Waals surface area (Å²) in [7, 11) is 1.61. The topological polar surface area (TPSA) is 67.5 Å². The Labute approximate surface area is 122 Å². The minimum absolute atomic E-state index is 0.00899. The average Bonchev–Trinajstić information content (AvgIpc) is 2.89. The number of hydrogen-bond acceptors (Lipinski definition) is 4. The van der Waals surface area contributed by atoms with Crippen molar-refractivity contribution in [2.75, 3.05) is 20.2 Å². The van der Waals surface area contributed by atoms with Gasteiger partial charge < -0.3 is 14.4 Å². The fourth-order valence-corrected chi connectivity index (χ4v) is 2.26. The number of ether oxygens (including phenoxy) is 2. The van der Waals surface area contributed by atoms with Crippen molar-refractivity contribution >= 4 is 5.91 Å². The highest BCUT2D eigenvalue weighted by molar-refractivity contribution is 5.93. The summed E-state index contributed by atoms with van der Waals surface area (Å²) in [6.45, 7) is 2.99. The predicted molar refractivity (Wildman–Crippen MR) is 76.6 cm³/mol. The number of carbonyl (C=O) groups excluding carboxylic acids is 1. The van der Waals surface area contributed by atoms with Gasteiger partial charge >= 0.3 is 0 Å². The molecule has 2 heterocycles. The molecule has 1 aliphatic heterocycles. The van der Waals surface area contributed by atoms with E-state index in [1.807, 2.05) is 31.2 Å². The Morgan fingerprint density at radius 3 is 2.67 bits per heavy atom. The molecule has 1 aromatic heterocycles. The lowest BCUT2D eigenvalue weighted by Crippen LogP contribution is -2.56. The highest BCUT2D eigenvalue weighted by Crippen LogP contribution is 2.28. The van der Waals surface area contributed by atoms with Crippen LogP contribution in [-0.4, -0.2) is 47.3 Å². The molecular formula is C15H17N3O3. The van der Waals surface area contributed by atoms with Crippen molar-refractivity contribution in [1.82, 2.24) is 15.1 Å². The van der Waals surface area contributed by atoms with Crippen molar-refractivity contribution < 1.29 is 14.3 Å². The molecule has 1 saturated heterocycles. The summed E-state index contributed by atoms with van der Waals surface area (Å²) < 4.78 is 11.1. The molecule has 1 amide bonds. The molecule has 1 fully saturated rings. The molecule has 1 aromatic carbocycles. The molecule has 21 heavy (non-hydrogen) atoms. The molecule has 0 saturated carbocycles. The van der Waals surface area contributed by atoms with E-state index in [9.17, 15) is 4.79 Å². The van der Waals surface area contributed by atoms with Gasteiger partial charge in [-0.1, -0.05) is 12.1 Å². The van der Waals surface area contributed by atoms with Gasteiger partial charge in [0, 0.05) is 5.69 Å². The number of nitrogens with one attached hydrogen (secondary N) is 1. The molecule has 0 spiro atoms. The normalized spacial score (nSPS) is 14.7. The second-order valence-electron chi connectivity index (χ2n) is 5.04. The van der Waals surface area contributed by atoms with Gasteiger partial charge in [-0.3, -0.25) is 9.89 Å². The van der Waals surface area contributed by atoms with E-state index in [1.54, 1.807) is 18.1 Å². The minimum atomic E-state index is -0.0702. The van der Waals surface area contributed by atoms with Crippen molar-refractivity contribution in [1.29, 1.82) is 0 Å². The highest BCUT2D eigenvalue weighted by atomic mass is 16.5. The van der Waals surface area contributed by atoms with E-state index in [0.29, 0.717) is 30.3 Å². The summed E-state index contributed by atoms with van der Waals surface area (Å²) in [5, 5.41) is 6.75. The number of H-pyrrole nitrogens is 1. The molecule has 6 heteroatoms. The number of aromatic nitrogens is 2. The predicted octanol–water partition coefficient (Wildman–Crippen LogP) is 1.63. The van der Waals surface area contributed by atoms with Gasteiger partial charge in [-0.25, -0.2) is 0 Å². The number of rotatable bonds is 4. The summed E-state index contributed by atoms with van der Waals surface area (Å²) in [6, 6.07) is 9.24. The zero-order valence-electron chi connectivity index (χ0n) is 12.0. The smallest absolute Gasteiger partial charge is 0.274 e. The van der Waals surface area contributed by atoms with Crippen LogP contribution in [0.25, 0.3) is 0 Å². The Hall–Kier alpha value is -2.50. The molecule has 3 rings (SSSR count). The maximum atomic E-state index is 12.1. The van der Waals surface area contributed by atoms with Gasteiger partial charge in [0.25, 0.3) is 5.91 Å². The van der Waals surface area contributed by atoms with Crippen molar-refractivity contribution in [3.8, 4) is 11.5 Å². The van der Waals surface area contributed by atoms with Gasteiger partial charge in [0.05, 0.1) is 20.2 Å². The maximum Gasteiger partial charge on any atom is 0.274 e. The van der Waals surface area contributed by atoms with Crippen LogP contribution in [0.4, 0.5) is 0 Å². The highest BCUT2D eigenvalue weighted by Gasteiger charge is 2.34. The van der Waals surface area contributed by atoms with Crippen molar-refractivity contribution in [3.05, 3.63) is 41.7 Å². The first kappa shape index (κ1) is 13.5. The van der Waals surface area contributed by atoms with Gasteiger partial charge in [0.15, 0.2) is 11.5 Å². The Bertz CT molecular complexity index is 647. The van der Waals surface area contributed by atoms with Gasteiger partial charge in [0.1, 0.15) is 11.8 Å². The second kappa shape index (κ2) is 5.47. The average molecular weight is 287 g/mol. The lowest BCUT2D eigenvalue weighted by Gasteiger charge is -2.38. The number of aryl methyl sites for hydroxylation is 1. The fourth-order valence-electron chi connectivity index (χ4n) is 2.26. The molecule has 110 valence electrons. The molecule has 6 nitrogen and oxygen atoms in total. The standard InChI is InChI=1S/C15H17N3O3/c1-10-7-12(17-16-10)15(19)18-8-11(9-18)21-14-6-4-3-5-13(14)20-2/h3-7,11H,8-9H2,1-2H3,(H,16,17). The Balaban J connectivity index is 1.57. The van der Waals surface area contributed by atoms with Crippen LogP contribution in [0, 0.1) is 6.92 Å². The molecular weight excluding hydrogens is 270 g/mol. The number of para-hydroxylation sites is 2.